The predicted molar refractivity (Wildman–Crippen MR) is 87.1 cm³/mol. The highest BCUT2D eigenvalue weighted by atomic mass is 79.9. The van der Waals surface area contributed by atoms with Gasteiger partial charge in [-0.3, -0.25) is 0 Å². The van der Waals surface area contributed by atoms with Gasteiger partial charge in [0.15, 0.2) is 0 Å². The van der Waals surface area contributed by atoms with E-state index in [0.717, 1.165) is 23.2 Å². The van der Waals surface area contributed by atoms with Crippen LogP contribution in [0.4, 0.5) is 11.4 Å². The minimum Gasteiger partial charge on any atom is -0.383 e. The van der Waals surface area contributed by atoms with E-state index in [1.807, 2.05) is 12.1 Å². The second-order valence-electron chi connectivity index (χ2n) is 4.69. The molecular formula is C16H19BrN2. The van der Waals surface area contributed by atoms with Crippen molar-refractivity contribution in [2.45, 2.75) is 6.92 Å². The summed E-state index contributed by atoms with van der Waals surface area (Å²) in [5, 5.41) is 3.42. The summed E-state index contributed by atoms with van der Waals surface area (Å²) in [5.41, 5.74) is 3.70. The largest absolute Gasteiger partial charge is 0.383 e. The van der Waals surface area contributed by atoms with Crippen LogP contribution in [0.2, 0.25) is 0 Å². The smallest absolute Gasteiger partial charge is 0.0364 e. The van der Waals surface area contributed by atoms with Crippen LogP contribution in [0.3, 0.4) is 0 Å². The zero-order valence-corrected chi connectivity index (χ0v) is 12.9. The van der Waals surface area contributed by atoms with E-state index in [-0.39, 0.29) is 0 Å². The number of likely N-dealkylation sites (N-methyl/N-ethyl adjacent to an activating group) is 1. The Kier molecular flexibility index (Phi) is 4.86. The summed E-state index contributed by atoms with van der Waals surface area (Å²) < 4.78 is 1.11. The van der Waals surface area contributed by atoms with Gasteiger partial charge in [0.2, 0.25) is 0 Å². The summed E-state index contributed by atoms with van der Waals surface area (Å²) in [6, 6.07) is 16.9. The summed E-state index contributed by atoms with van der Waals surface area (Å²) in [6.07, 6.45) is 0. The third-order valence-corrected chi connectivity index (χ3v) is 3.62. The van der Waals surface area contributed by atoms with Crippen molar-refractivity contribution in [2.24, 2.45) is 0 Å². The van der Waals surface area contributed by atoms with E-state index in [2.05, 4.69) is 76.5 Å². The van der Waals surface area contributed by atoms with Gasteiger partial charge < -0.3 is 10.2 Å². The number of benzene rings is 2. The zero-order valence-electron chi connectivity index (χ0n) is 11.4. The molecule has 2 aromatic carbocycles. The Labute approximate surface area is 123 Å². The predicted octanol–water partition coefficient (Wildman–Crippen LogP) is 4.31. The Balaban J connectivity index is 1.82. The summed E-state index contributed by atoms with van der Waals surface area (Å²) in [5.74, 6) is 0. The van der Waals surface area contributed by atoms with Gasteiger partial charge >= 0.3 is 0 Å². The molecule has 0 saturated heterocycles. The van der Waals surface area contributed by atoms with Gasteiger partial charge in [0.1, 0.15) is 0 Å². The SMILES string of the molecule is Cc1ccc(N(C)CCNc2ccc(Br)cc2)cc1. The fraction of sp³-hybridized carbons (Fsp3) is 0.250. The van der Waals surface area contributed by atoms with E-state index in [1.54, 1.807) is 0 Å². The minimum atomic E-state index is 0.923. The van der Waals surface area contributed by atoms with Gasteiger partial charge in [-0.25, -0.2) is 0 Å². The minimum absolute atomic E-state index is 0.923. The third-order valence-electron chi connectivity index (χ3n) is 3.10. The van der Waals surface area contributed by atoms with Crippen LogP contribution >= 0.6 is 15.9 Å². The molecule has 0 unspecified atom stereocenters. The molecule has 1 N–H and O–H groups in total. The number of nitrogens with zero attached hydrogens (tertiary/aromatic N) is 1. The molecule has 19 heavy (non-hydrogen) atoms. The van der Waals surface area contributed by atoms with Crippen LogP contribution in [-0.4, -0.2) is 20.1 Å². The maximum Gasteiger partial charge on any atom is 0.0364 e. The standard InChI is InChI=1S/C16H19BrN2/c1-13-3-9-16(10-4-13)19(2)12-11-18-15-7-5-14(17)6-8-15/h3-10,18H,11-12H2,1-2H3. The quantitative estimate of drug-likeness (QED) is 0.883. The number of halogens is 1. The lowest BCUT2D eigenvalue weighted by Gasteiger charge is -2.20. The summed E-state index contributed by atoms with van der Waals surface area (Å²) in [7, 11) is 2.12. The lowest BCUT2D eigenvalue weighted by Crippen LogP contribution is -2.24. The highest BCUT2D eigenvalue weighted by Gasteiger charge is 2.00. The van der Waals surface area contributed by atoms with E-state index in [0.29, 0.717) is 0 Å². The van der Waals surface area contributed by atoms with Gasteiger partial charge in [-0.05, 0) is 43.3 Å². The lowest BCUT2D eigenvalue weighted by molar-refractivity contribution is 0.914. The number of anilines is 2. The highest BCUT2D eigenvalue weighted by Crippen LogP contribution is 2.15. The van der Waals surface area contributed by atoms with Crippen molar-refractivity contribution in [3.63, 3.8) is 0 Å². The molecule has 0 aliphatic carbocycles. The average Bonchev–Trinajstić information content (AvgIpc) is 2.41. The lowest BCUT2D eigenvalue weighted by atomic mass is 10.2. The second kappa shape index (κ2) is 6.62. The third kappa shape index (κ3) is 4.28. The summed E-state index contributed by atoms with van der Waals surface area (Å²) in [4.78, 5) is 2.26. The van der Waals surface area contributed by atoms with Gasteiger partial charge in [0, 0.05) is 36.0 Å². The first kappa shape index (κ1) is 13.9. The van der Waals surface area contributed by atoms with Crippen molar-refractivity contribution in [1.82, 2.24) is 0 Å². The maximum absolute atomic E-state index is 3.44. The van der Waals surface area contributed by atoms with E-state index in [4.69, 9.17) is 0 Å². The molecule has 0 bridgehead atoms. The van der Waals surface area contributed by atoms with Crippen molar-refractivity contribution in [1.29, 1.82) is 0 Å². The van der Waals surface area contributed by atoms with Crippen molar-refractivity contribution in [3.8, 4) is 0 Å². The molecule has 100 valence electrons. The molecule has 0 aliphatic rings. The maximum atomic E-state index is 3.44. The summed E-state index contributed by atoms with van der Waals surface area (Å²) >= 11 is 3.44. The van der Waals surface area contributed by atoms with Crippen molar-refractivity contribution < 1.29 is 0 Å². The molecule has 0 radical (unpaired) electrons. The first-order valence-electron chi connectivity index (χ1n) is 6.42. The van der Waals surface area contributed by atoms with E-state index in [9.17, 15) is 0 Å². The van der Waals surface area contributed by atoms with Crippen LogP contribution in [0.5, 0.6) is 0 Å². The Morgan fingerprint density at radius 1 is 1.00 bits per heavy atom. The van der Waals surface area contributed by atoms with Crippen LogP contribution in [0.1, 0.15) is 5.56 Å². The molecule has 0 aromatic heterocycles. The van der Waals surface area contributed by atoms with Crippen molar-refractivity contribution in [2.75, 3.05) is 30.4 Å². The number of hydrogen-bond donors (Lipinski definition) is 1. The van der Waals surface area contributed by atoms with Crippen LogP contribution in [0.25, 0.3) is 0 Å². The molecule has 0 spiro atoms. The normalized spacial score (nSPS) is 10.3. The molecule has 2 nitrogen and oxygen atoms in total. The molecule has 0 atom stereocenters. The van der Waals surface area contributed by atoms with Crippen LogP contribution in [-0.2, 0) is 0 Å². The van der Waals surface area contributed by atoms with Crippen LogP contribution < -0.4 is 10.2 Å². The average molecular weight is 319 g/mol. The van der Waals surface area contributed by atoms with Gasteiger partial charge in [-0.1, -0.05) is 33.6 Å². The number of nitrogens with one attached hydrogen (secondary N) is 1. The molecule has 0 saturated carbocycles. The number of rotatable bonds is 5. The second-order valence-corrected chi connectivity index (χ2v) is 5.61. The Hall–Kier alpha value is -1.48. The Bertz CT molecular complexity index is 505. The molecular weight excluding hydrogens is 300 g/mol. The molecule has 0 fully saturated rings. The molecule has 2 rings (SSSR count). The van der Waals surface area contributed by atoms with Gasteiger partial charge in [0.05, 0.1) is 0 Å². The van der Waals surface area contributed by atoms with Crippen LogP contribution in [0.15, 0.2) is 53.0 Å². The molecule has 0 amide bonds. The van der Waals surface area contributed by atoms with Crippen molar-refractivity contribution in [3.05, 3.63) is 58.6 Å². The molecule has 0 aliphatic heterocycles. The number of hydrogen-bond acceptors (Lipinski definition) is 2. The van der Waals surface area contributed by atoms with E-state index >= 15 is 0 Å². The monoisotopic (exact) mass is 318 g/mol. The summed E-state index contributed by atoms with van der Waals surface area (Å²) in [6.45, 7) is 4.00. The van der Waals surface area contributed by atoms with E-state index < -0.39 is 0 Å². The fourth-order valence-electron chi connectivity index (χ4n) is 1.86. The first-order chi connectivity index (χ1) is 9.15. The molecule has 2 aromatic rings. The number of aryl methyl sites for hydroxylation is 1. The highest BCUT2D eigenvalue weighted by molar-refractivity contribution is 9.10. The topological polar surface area (TPSA) is 15.3 Å². The fourth-order valence-corrected chi connectivity index (χ4v) is 2.13. The Morgan fingerprint density at radius 2 is 1.63 bits per heavy atom. The van der Waals surface area contributed by atoms with Gasteiger partial charge in [-0.15, -0.1) is 0 Å². The first-order valence-corrected chi connectivity index (χ1v) is 7.22. The molecule has 0 heterocycles. The van der Waals surface area contributed by atoms with Crippen molar-refractivity contribution >= 4 is 27.3 Å². The zero-order chi connectivity index (χ0) is 13.7. The Morgan fingerprint density at radius 3 is 2.26 bits per heavy atom. The van der Waals surface area contributed by atoms with Gasteiger partial charge in [0.25, 0.3) is 0 Å². The van der Waals surface area contributed by atoms with E-state index in [1.165, 1.54) is 11.3 Å². The van der Waals surface area contributed by atoms with Gasteiger partial charge in [-0.2, -0.15) is 0 Å². The molecule has 3 heteroatoms. The van der Waals surface area contributed by atoms with Crippen LogP contribution in [0, 0.1) is 6.92 Å².